The molecule has 0 bridgehead atoms. The van der Waals surface area contributed by atoms with E-state index in [-0.39, 0.29) is 11.4 Å². The van der Waals surface area contributed by atoms with Crippen LogP contribution in [0.2, 0.25) is 0 Å². The molecule has 0 spiro atoms. The van der Waals surface area contributed by atoms with E-state index < -0.39 is 21.9 Å². The lowest BCUT2D eigenvalue weighted by molar-refractivity contribution is -0.138. The lowest BCUT2D eigenvalue weighted by Gasteiger charge is -2.14. The largest absolute Gasteiger partial charge is 0.481 e. The lowest BCUT2D eigenvalue weighted by atomic mass is 10.00. The van der Waals surface area contributed by atoms with E-state index in [4.69, 9.17) is 0 Å². The van der Waals surface area contributed by atoms with Crippen LogP contribution in [0.5, 0.6) is 0 Å². The molecule has 0 aliphatic carbocycles. The van der Waals surface area contributed by atoms with Crippen LogP contribution in [-0.2, 0) is 14.8 Å². The molecule has 0 aliphatic heterocycles. The summed E-state index contributed by atoms with van der Waals surface area (Å²) in [6.45, 7) is -0.198. The predicted octanol–water partition coefficient (Wildman–Crippen LogP) is 1.83. The highest BCUT2D eigenvalue weighted by atomic mass is 32.2. The van der Waals surface area contributed by atoms with Crippen LogP contribution in [0.4, 0.5) is 0 Å². The van der Waals surface area contributed by atoms with Crippen molar-refractivity contribution in [3.63, 3.8) is 0 Å². The van der Waals surface area contributed by atoms with Crippen molar-refractivity contribution in [3.8, 4) is 0 Å². The van der Waals surface area contributed by atoms with Gasteiger partial charge in [-0.1, -0.05) is 48.5 Å². The quantitative estimate of drug-likeness (QED) is 0.853. The molecule has 2 aromatic rings. The summed E-state index contributed by atoms with van der Waals surface area (Å²) in [5, 5.41) is 9.26. The molecule has 0 radical (unpaired) electrons. The minimum Gasteiger partial charge on any atom is -0.481 e. The first-order valence-corrected chi connectivity index (χ1v) is 7.81. The summed E-state index contributed by atoms with van der Waals surface area (Å²) < 4.78 is 26.5. The normalized spacial score (nSPS) is 12.8. The Morgan fingerprint density at radius 2 is 1.52 bits per heavy atom. The van der Waals surface area contributed by atoms with Crippen LogP contribution in [0.1, 0.15) is 11.5 Å². The molecule has 21 heavy (non-hydrogen) atoms. The van der Waals surface area contributed by atoms with E-state index in [1.54, 1.807) is 48.5 Å². The number of rotatable bonds is 6. The maximum Gasteiger partial charge on any atom is 0.312 e. The summed E-state index contributed by atoms with van der Waals surface area (Å²) in [5.74, 6) is -2.00. The third-order valence-corrected chi connectivity index (χ3v) is 4.47. The molecule has 110 valence electrons. The van der Waals surface area contributed by atoms with Crippen molar-refractivity contribution >= 4 is 16.0 Å². The van der Waals surface area contributed by atoms with E-state index in [0.717, 1.165) is 0 Å². The zero-order valence-electron chi connectivity index (χ0n) is 11.1. The number of carboxylic acids is 1. The van der Waals surface area contributed by atoms with Gasteiger partial charge in [0, 0.05) is 6.54 Å². The van der Waals surface area contributed by atoms with E-state index in [1.165, 1.54) is 12.1 Å². The maximum absolute atomic E-state index is 12.1. The number of aliphatic carboxylic acids is 1. The molecular formula is C15H15NO4S. The fourth-order valence-electron chi connectivity index (χ4n) is 1.91. The highest BCUT2D eigenvalue weighted by Gasteiger charge is 2.23. The van der Waals surface area contributed by atoms with Gasteiger partial charge in [0.25, 0.3) is 0 Å². The third-order valence-electron chi connectivity index (χ3n) is 3.03. The van der Waals surface area contributed by atoms with Gasteiger partial charge in [-0.2, -0.15) is 0 Å². The molecule has 0 amide bonds. The van der Waals surface area contributed by atoms with Gasteiger partial charge in [-0.05, 0) is 17.7 Å². The number of carbonyl (C=O) groups is 1. The molecule has 5 nitrogen and oxygen atoms in total. The van der Waals surface area contributed by atoms with Gasteiger partial charge in [-0.15, -0.1) is 0 Å². The Morgan fingerprint density at radius 3 is 2.05 bits per heavy atom. The van der Waals surface area contributed by atoms with E-state index in [9.17, 15) is 18.3 Å². The Bertz CT molecular complexity index is 699. The predicted molar refractivity (Wildman–Crippen MR) is 78.4 cm³/mol. The average Bonchev–Trinajstić information content (AvgIpc) is 2.49. The van der Waals surface area contributed by atoms with Crippen molar-refractivity contribution in [2.24, 2.45) is 0 Å². The molecule has 0 saturated carbocycles. The molecule has 0 saturated heterocycles. The summed E-state index contributed by atoms with van der Waals surface area (Å²) in [4.78, 5) is 11.4. The Kier molecular flexibility index (Phi) is 4.72. The molecular weight excluding hydrogens is 290 g/mol. The molecule has 2 rings (SSSR count). The van der Waals surface area contributed by atoms with Crippen molar-refractivity contribution in [2.45, 2.75) is 10.8 Å². The summed E-state index contributed by atoms with van der Waals surface area (Å²) >= 11 is 0. The number of benzene rings is 2. The van der Waals surface area contributed by atoms with Crippen molar-refractivity contribution in [1.82, 2.24) is 4.72 Å². The molecule has 0 aliphatic rings. The van der Waals surface area contributed by atoms with Crippen LogP contribution in [-0.4, -0.2) is 26.0 Å². The van der Waals surface area contributed by atoms with Gasteiger partial charge < -0.3 is 5.11 Å². The highest BCUT2D eigenvalue weighted by molar-refractivity contribution is 7.89. The molecule has 6 heteroatoms. The standard InChI is InChI=1S/C15H15NO4S/c17-15(18)14(12-7-3-1-4-8-12)11-16-21(19,20)13-9-5-2-6-10-13/h1-10,14,16H,11H2,(H,17,18). The highest BCUT2D eigenvalue weighted by Crippen LogP contribution is 2.16. The van der Waals surface area contributed by atoms with Crippen LogP contribution >= 0.6 is 0 Å². The summed E-state index contributed by atoms with van der Waals surface area (Å²) in [6.07, 6.45) is 0. The first kappa shape index (κ1) is 15.2. The molecule has 2 aromatic carbocycles. The number of hydrogen-bond acceptors (Lipinski definition) is 3. The van der Waals surface area contributed by atoms with Crippen molar-refractivity contribution in [2.75, 3.05) is 6.54 Å². The molecule has 1 atom stereocenters. The third kappa shape index (κ3) is 3.90. The first-order valence-electron chi connectivity index (χ1n) is 6.33. The van der Waals surface area contributed by atoms with E-state index in [0.29, 0.717) is 5.56 Å². The fraction of sp³-hybridized carbons (Fsp3) is 0.133. The van der Waals surface area contributed by atoms with Gasteiger partial charge in [-0.25, -0.2) is 13.1 Å². The second-order valence-corrected chi connectivity index (χ2v) is 6.23. The summed E-state index contributed by atoms with van der Waals surface area (Å²) in [5.41, 5.74) is 0.556. The zero-order valence-corrected chi connectivity index (χ0v) is 12.0. The minimum atomic E-state index is -3.71. The SMILES string of the molecule is O=C(O)C(CNS(=O)(=O)c1ccccc1)c1ccccc1. The van der Waals surface area contributed by atoms with Gasteiger partial charge in [-0.3, -0.25) is 4.79 Å². The second kappa shape index (κ2) is 6.51. The van der Waals surface area contributed by atoms with E-state index in [2.05, 4.69) is 4.72 Å². The minimum absolute atomic E-state index is 0.113. The van der Waals surface area contributed by atoms with Crippen LogP contribution in [0.15, 0.2) is 65.6 Å². The smallest absolute Gasteiger partial charge is 0.312 e. The number of carboxylic acid groups (broad SMARTS) is 1. The molecule has 0 aromatic heterocycles. The van der Waals surface area contributed by atoms with E-state index in [1.807, 2.05) is 0 Å². The maximum atomic E-state index is 12.1. The average molecular weight is 305 g/mol. The summed E-state index contributed by atoms with van der Waals surface area (Å²) in [7, 11) is -3.71. The fourth-order valence-corrected chi connectivity index (χ4v) is 2.98. The topological polar surface area (TPSA) is 83.5 Å². The van der Waals surface area contributed by atoms with Crippen LogP contribution in [0.3, 0.4) is 0 Å². The molecule has 0 fully saturated rings. The van der Waals surface area contributed by atoms with Gasteiger partial charge >= 0.3 is 5.97 Å². The van der Waals surface area contributed by atoms with Crippen molar-refractivity contribution in [1.29, 1.82) is 0 Å². The summed E-state index contributed by atoms with van der Waals surface area (Å²) in [6, 6.07) is 16.4. The van der Waals surface area contributed by atoms with Gasteiger partial charge in [0.2, 0.25) is 10.0 Å². The van der Waals surface area contributed by atoms with Crippen LogP contribution in [0.25, 0.3) is 0 Å². The zero-order chi connectivity index (χ0) is 15.3. The lowest BCUT2D eigenvalue weighted by Crippen LogP contribution is -2.31. The first-order chi connectivity index (χ1) is 10.0. The van der Waals surface area contributed by atoms with Crippen LogP contribution < -0.4 is 4.72 Å². The monoisotopic (exact) mass is 305 g/mol. The number of sulfonamides is 1. The Morgan fingerprint density at radius 1 is 1.00 bits per heavy atom. The second-order valence-electron chi connectivity index (χ2n) is 4.47. The molecule has 0 heterocycles. The number of nitrogens with one attached hydrogen (secondary N) is 1. The van der Waals surface area contributed by atoms with Crippen molar-refractivity contribution < 1.29 is 18.3 Å². The Balaban J connectivity index is 2.15. The molecule has 2 N–H and O–H groups in total. The van der Waals surface area contributed by atoms with Gasteiger partial charge in [0.05, 0.1) is 10.8 Å². The van der Waals surface area contributed by atoms with Gasteiger partial charge in [0.1, 0.15) is 0 Å². The number of hydrogen-bond donors (Lipinski definition) is 2. The Hall–Kier alpha value is -2.18. The Labute approximate surface area is 123 Å². The van der Waals surface area contributed by atoms with Gasteiger partial charge in [0.15, 0.2) is 0 Å². The molecule has 1 unspecified atom stereocenters. The van der Waals surface area contributed by atoms with Crippen LogP contribution in [0, 0.1) is 0 Å². The van der Waals surface area contributed by atoms with Crippen molar-refractivity contribution in [3.05, 3.63) is 66.2 Å². The van der Waals surface area contributed by atoms with E-state index >= 15 is 0 Å².